The number of aryl methyl sites for hydroxylation is 2. The van der Waals surface area contributed by atoms with Crippen LogP contribution in [-0.2, 0) is 11.3 Å². The van der Waals surface area contributed by atoms with E-state index >= 15 is 0 Å². The Hall–Kier alpha value is -2.34. The smallest absolute Gasteiger partial charge is 0.257 e. The fraction of sp³-hybridized carbons (Fsp3) is 0.444. The summed E-state index contributed by atoms with van der Waals surface area (Å²) in [6.07, 6.45) is 0.0538. The summed E-state index contributed by atoms with van der Waals surface area (Å²) in [5.74, 6) is 1.28. The maximum atomic E-state index is 12.8. The van der Waals surface area contributed by atoms with Crippen molar-refractivity contribution in [1.82, 2.24) is 10.1 Å². The maximum Gasteiger partial charge on any atom is 0.257 e. The Labute approximate surface area is 141 Å². The van der Waals surface area contributed by atoms with E-state index in [-0.39, 0.29) is 12.0 Å². The van der Waals surface area contributed by atoms with E-state index in [0.29, 0.717) is 37.6 Å². The van der Waals surface area contributed by atoms with Crippen LogP contribution in [0.25, 0.3) is 0 Å². The van der Waals surface area contributed by atoms with Crippen LogP contribution in [0, 0.1) is 13.8 Å². The molecule has 1 aromatic heterocycles. The van der Waals surface area contributed by atoms with Gasteiger partial charge in [0.2, 0.25) is 0 Å². The van der Waals surface area contributed by atoms with E-state index in [1.807, 2.05) is 43.9 Å². The number of nitrogens with zero attached hydrogens (tertiary/aromatic N) is 2. The van der Waals surface area contributed by atoms with Crippen LogP contribution >= 0.6 is 0 Å². The first-order valence-electron chi connectivity index (χ1n) is 8.10. The number of amides is 1. The Morgan fingerprint density at radius 1 is 1.38 bits per heavy atom. The van der Waals surface area contributed by atoms with Crippen molar-refractivity contribution in [3.8, 4) is 5.75 Å². The van der Waals surface area contributed by atoms with Crippen LogP contribution in [0.2, 0.25) is 0 Å². The first-order chi connectivity index (χ1) is 11.6. The van der Waals surface area contributed by atoms with Crippen molar-refractivity contribution < 1.29 is 18.8 Å². The summed E-state index contributed by atoms with van der Waals surface area (Å²) in [5.41, 5.74) is 2.29. The molecule has 1 aliphatic heterocycles. The van der Waals surface area contributed by atoms with Crippen molar-refractivity contribution in [2.45, 2.75) is 33.5 Å². The van der Waals surface area contributed by atoms with Crippen molar-refractivity contribution in [2.75, 3.05) is 19.7 Å². The van der Waals surface area contributed by atoms with Crippen molar-refractivity contribution in [1.29, 1.82) is 0 Å². The summed E-state index contributed by atoms with van der Waals surface area (Å²) < 4.78 is 16.6. The Balaban J connectivity index is 1.76. The molecule has 1 saturated heterocycles. The van der Waals surface area contributed by atoms with Gasteiger partial charge in [-0.15, -0.1) is 0 Å². The summed E-state index contributed by atoms with van der Waals surface area (Å²) in [4.78, 5) is 14.6. The molecule has 1 fully saturated rings. The van der Waals surface area contributed by atoms with Gasteiger partial charge in [0.1, 0.15) is 18.1 Å². The molecule has 0 aliphatic carbocycles. The monoisotopic (exact) mass is 330 g/mol. The van der Waals surface area contributed by atoms with Gasteiger partial charge in [-0.2, -0.15) is 0 Å². The van der Waals surface area contributed by atoms with Crippen LogP contribution in [0.1, 0.15) is 34.3 Å². The highest BCUT2D eigenvalue weighted by atomic mass is 16.5. The number of aromatic nitrogens is 1. The van der Waals surface area contributed by atoms with Crippen LogP contribution in [0.3, 0.4) is 0 Å². The number of carbonyl (C=O) groups excluding carboxylic acids is 1. The van der Waals surface area contributed by atoms with Gasteiger partial charge >= 0.3 is 0 Å². The van der Waals surface area contributed by atoms with E-state index in [1.165, 1.54) is 0 Å². The summed E-state index contributed by atoms with van der Waals surface area (Å²) in [7, 11) is 0. The third-order valence-electron chi connectivity index (χ3n) is 4.20. The number of morpholine rings is 1. The molecule has 1 amide bonds. The average Bonchev–Trinajstić information content (AvgIpc) is 2.91. The predicted octanol–water partition coefficient (Wildman–Crippen LogP) is 2.73. The molecule has 3 rings (SSSR count). The van der Waals surface area contributed by atoms with E-state index in [2.05, 4.69) is 5.16 Å². The van der Waals surface area contributed by atoms with Crippen LogP contribution in [-0.4, -0.2) is 41.8 Å². The molecule has 1 aliphatic rings. The van der Waals surface area contributed by atoms with E-state index in [4.69, 9.17) is 14.0 Å². The summed E-state index contributed by atoms with van der Waals surface area (Å²) in [5, 5.41) is 3.92. The average molecular weight is 330 g/mol. The molecule has 1 aromatic carbocycles. The lowest BCUT2D eigenvalue weighted by molar-refractivity contribution is -0.0125. The minimum absolute atomic E-state index is 0.0282. The van der Waals surface area contributed by atoms with Gasteiger partial charge < -0.3 is 18.9 Å². The molecule has 6 nitrogen and oxygen atoms in total. The second-order valence-electron chi connectivity index (χ2n) is 6.02. The molecule has 1 unspecified atom stereocenters. The standard InChI is InChI=1S/C18H22N2O4/c1-12-10-20(8-9-22-12)18(21)15-6-4-5-7-17(15)23-11-16-13(2)19-24-14(16)3/h4-7,12H,8-11H2,1-3H3. The molecule has 1 atom stereocenters. The quantitative estimate of drug-likeness (QED) is 0.862. The summed E-state index contributed by atoms with van der Waals surface area (Å²) in [6.45, 7) is 7.78. The highest BCUT2D eigenvalue weighted by Gasteiger charge is 2.24. The van der Waals surface area contributed by atoms with Gasteiger partial charge in [-0.25, -0.2) is 0 Å². The van der Waals surface area contributed by atoms with Crippen LogP contribution in [0.15, 0.2) is 28.8 Å². The number of para-hydroxylation sites is 1. The molecule has 0 saturated carbocycles. The summed E-state index contributed by atoms with van der Waals surface area (Å²) >= 11 is 0. The number of benzene rings is 1. The minimum Gasteiger partial charge on any atom is -0.488 e. The van der Waals surface area contributed by atoms with E-state index < -0.39 is 0 Å². The molecule has 0 radical (unpaired) electrons. The van der Waals surface area contributed by atoms with Gasteiger partial charge in [0.05, 0.1) is 29.5 Å². The van der Waals surface area contributed by atoms with Crippen LogP contribution in [0.5, 0.6) is 5.75 Å². The lowest BCUT2D eigenvalue weighted by Crippen LogP contribution is -2.44. The zero-order valence-electron chi connectivity index (χ0n) is 14.2. The van der Waals surface area contributed by atoms with Gasteiger partial charge in [0.25, 0.3) is 5.91 Å². The maximum absolute atomic E-state index is 12.8. The third kappa shape index (κ3) is 3.43. The number of rotatable bonds is 4. The third-order valence-corrected chi connectivity index (χ3v) is 4.20. The largest absolute Gasteiger partial charge is 0.488 e. The van der Waals surface area contributed by atoms with Gasteiger partial charge in [-0.3, -0.25) is 4.79 Å². The van der Waals surface area contributed by atoms with Gasteiger partial charge in [0.15, 0.2) is 0 Å². The minimum atomic E-state index is -0.0282. The van der Waals surface area contributed by atoms with Crippen LogP contribution < -0.4 is 4.74 Å². The fourth-order valence-electron chi connectivity index (χ4n) is 2.80. The van der Waals surface area contributed by atoms with E-state index in [1.54, 1.807) is 6.07 Å². The van der Waals surface area contributed by atoms with E-state index in [9.17, 15) is 4.79 Å². The SMILES string of the molecule is Cc1noc(C)c1COc1ccccc1C(=O)N1CCOC(C)C1. The Morgan fingerprint density at radius 2 is 2.17 bits per heavy atom. The van der Waals surface area contributed by atoms with Crippen molar-refractivity contribution in [3.63, 3.8) is 0 Å². The van der Waals surface area contributed by atoms with Crippen molar-refractivity contribution in [2.24, 2.45) is 0 Å². The molecule has 6 heteroatoms. The molecule has 2 heterocycles. The molecule has 2 aromatic rings. The molecule has 0 N–H and O–H groups in total. The number of hydrogen-bond acceptors (Lipinski definition) is 5. The van der Waals surface area contributed by atoms with Crippen LogP contribution in [0.4, 0.5) is 0 Å². The molecular weight excluding hydrogens is 308 g/mol. The second-order valence-corrected chi connectivity index (χ2v) is 6.02. The topological polar surface area (TPSA) is 64.8 Å². The molecular formula is C18H22N2O4. The zero-order chi connectivity index (χ0) is 17.1. The fourth-order valence-corrected chi connectivity index (χ4v) is 2.80. The molecule has 128 valence electrons. The zero-order valence-corrected chi connectivity index (χ0v) is 14.2. The lowest BCUT2D eigenvalue weighted by Gasteiger charge is -2.31. The van der Waals surface area contributed by atoms with Crippen molar-refractivity contribution >= 4 is 5.91 Å². The summed E-state index contributed by atoms with van der Waals surface area (Å²) in [6, 6.07) is 7.32. The first kappa shape index (κ1) is 16.5. The number of hydrogen-bond donors (Lipinski definition) is 0. The van der Waals surface area contributed by atoms with Gasteiger partial charge in [-0.1, -0.05) is 17.3 Å². The lowest BCUT2D eigenvalue weighted by atomic mass is 10.1. The van der Waals surface area contributed by atoms with Crippen molar-refractivity contribution in [3.05, 3.63) is 46.8 Å². The Bertz CT molecular complexity index is 706. The van der Waals surface area contributed by atoms with E-state index in [0.717, 1.165) is 17.0 Å². The van der Waals surface area contributed by atoms with Gasteiger partial charge in [0, 0.05) is 13.1 Å². The highest BCUT2D eigenvalue weighted by Crippen LogP contribution is 2.23. The predicted molar refractivity (Wildman–Crippen MR) is 88.1 cm³/mol. The molecule has 0 spiro atoms. The Morgan fingerprint density at radius 3 is 2.88 bits per heavy atom. The molecule has 0 bridgehead atoms. The highest BCUT2D eigenvalue weighted by molar-refractivity contribution is 5.97. The van der Waals surface area contributed by atoms with Gasteiger partial charge in [-0.05, 0) is 32.9 Å². The Kier molecular flexibility index (Phi) is 4.85. The number of carbonyl (C=O) groups is 1. The molecule has 24 heavy (non-hydrogen) atoms. The normalized spacial score (nSPS) is 17.8. The second kappa shape index (κ2) is 7.05. The first-order valence-corrected chi connectivity index (χ1v) is 8.10. The number of ether oxygens (including phenoxy) is 2.